The molecule has 1 saturated heterocycles. The number of esters is 3. The molecule has 3 aromatic rings. The highest BCUT2D eigenvalue weighted by Crippen LogP contribution is 2.75. The van der Waals surface area contributed by atoms with Crippen molar-refractivity contribution in [1.29, 1.82) is 0 Å². The number of benzene rings is 2. The Morgan fingerprint density at radius 1 is 0.949 bits per heavy atom. The van der Waals surface area contributed by atoms with Crippen molar-refractivity contribution in [3.8, 4) is 0 Å². The van der Waals surface area contributed by atoms with E-state index in [-0.39, 0.29) is 41.6 Å². The second kappa shape index (κ2) is 13.9. The number of nitrogens with one attached hydrogen (secondary N) is 1. The van der Waals surface area contributed by atoms with E-state index >= 15 is 0 Å². The average Bonchev–Trinajstić information content (AvgIpc) is 3.76. The lowest BCUT2D eigenvalue weighted by molar-refractivity contribution is -0.317. The van der Waals surface area contributed by atoms with Gasteiger partial charge in [0.05, 0.1) is 24.1 Å². The third-order valence-electron chi connectivity index (χ3n) is 13.1. The summed E-state index contributed by atoms with van der Waals surface area (Å²) in [7, 11) is 0. The molecule has 3 fully saturated rings. The molecule has 15 nitrogen and oxygen atoms in total. The summed E-state index contributed by atoms with van der Waals surface area (Å²) in [5, 5.41) is 27.9. The topological polar surface area (TPSA) is 210 Å². The predicted octanol–water partition coefficient (Wildman–Crippen LogP) is 4.92. The van der Waals surface area contributed by atoms with E-state index in [1.165, 1.54) is 6.92 Å². The van der Waals surface area contributed by atoms with Crippen LogP contribution in [0.4, 0.5) is 4.79 Å². The molecule has 8 rings (SSSR count). The molecule has 0 unspecified atom stereocenters. The molecule has 2 bridgehead atoms. The van der Waals surface area contributed by atoms with Crippen molar-refractivity contribution in [2.24, 2.45) is 17.3 Å². The van der Waals surface area contributed by atoms with E-state index in [0.717, 1.165) is 0 Å². The Kier molecular flexibility index (Phi) is 9.56. The SMILES string of the molecule is CC(=O)O[C@@]12CO[C@@H]1C[C@@H]1C[C@@]13c1oc(=O)oc1C1=C(C)[C@@H](OC(=O)[C@H](O)[C@@H](NC(=O)OC(C)(C)C)c4ccccc4)C[C@@](O)([C@@H](OC(=O)c4ccccc4)[C@H]23)C1(C)C. The molecule has 1 aliphatic heterocycles. The van der Waals surface area contributed by atoms with Crippen molar-refractivity contribution in [1.82, 2.24) is 5.32 Å². The number of aliphatic hydroxyl groups is 2. The summed E-state index contributed by atoms with van der Waals surface area (Å²) in [6.45, 7) is 11.2. The fourth-order valence-electron chi connectivity index (χ4n) is 10.4. The van der Waals surface area contributed by atoms with E-state index in [2.05, 4.69) is 5.32 Å². The van der Waals surface area contributed by atoms with Gasteiger partial charge in [-0.15, -0.1) is 0 Å². The first-order valence-corrected chi connectivity index (χ1v) is 19.8. The molecule has 1 spiro atoms. The van der Waals surface area contributed by atoms with Crippen LogP contribution >= 0.6 is 0 Å². The van der Waals surface area contributed by atoms with E-state index in [9.17, 15) is 34.2 Å². The van der Waals surface area contributed by atoms with Gasteiger partial charge in [-0.05, 0) is 69.7 Å². The molecule has 2 saturated carbocycles. The van der Waals surface area contributed by atoms with Crippen LogP contribution in [-0.2, 0) is 38.7 Å². The highest BCUT2D eigenvalue weighted by molar-refractivity contribution is 5.90. The van der Waals surface area contributed by atoms with Crippen molar-refractivity contribution in [2.45, 2.75) is 120 Å². The smallest absolute Gasteiger partial charge is 0.456 e. The van der Waals surface area contributed by atoms with Crippen LogP contribution in [0.1, 0.15) is 101 Å². The minimum atomic E-state index is -2.15. The molecule has 4 aliphatic carbocycles. The van der Waals surface area contributed by atoms with E-state index in [1.807, 2.05) is 0 Å². The molecule has 2 heterocycles. The standard InChI is InChI=1S/C44H49NO14/c1-22-27(54-37(49)31(47)30(24-14-10-8-11-15-24)45-38(50)59-40(3,4)5)20-44(52)35(56-36(48)25-16-12-9-13-17-25)33-42(34-32(55-39(51)57-34)29(22)41(44,6)7)19-26(42)18-28-43(33,21-53-28)58-23(2)46/h8-17,26-28,30-31,33,35,47,52H,18-21H2,1-7H3,(H,45,50)/t26-,27+,28-,30+,31-,33+,35+,42-,43+,44-/m1/s1. The zero-order valence-electron chi connectivity index (χ0n) is 33.9. The minimum absolute atomic E-state index is 0.0305. The lowest BCUT2D eigenvalue weighted by Crippen LogP contribution is -2.76. The Balaban J connectivity index is 1.27. The van der Waals surface area contributed by atoms with Crippen molar-refractivity contribution in [3.05, 3.63) is 99.5 Å². The number of aliphatic hydroxyl groups excluding tert-OH is 1. The fraction of sp³-hybridized carbons (Fsp3) is 0.523. The van der Waals surface area contributed by atoms with E-state index in [0.29, 0.717) is 24.0 Å². The Hall–Kier alpha value is -5.25. The van der Waals surface area contributed by atoms with Crippen molar-refractivity contribution in [3.63, 3.8) is 0 Å². The maximum atomic E-state index is 14.3. The Labute approximate surface area is 340 Å². The van der Waals surface area contributed by atoms with Crippen LogP contribution < -0.4 is 11.1 Å². The zero-order valence-corrected chi connectivity index (χ0v) is 33.9. The van der Waals surface area contributed by atoms with Gasteiger partial charge in [-0.2, -0.15) is 0 Å². The van der Waals surface area contributed by atoms with E-state index < -0.39 is 93.8 Å². The normalized spacial score (nSPS) is 32.1. The lowest BCUT2D eigenvalue weighted by Gasteiger charge is -2.63. The zero-order chi connectivity index (χ0) is 42.4. The quantitative estimate of drug-likeness (QED) is 0.204. The molecular weight excluding hydrogens is 766 g/mol. The van der Waals surface area contributed by atoms with Gasteiger partial charge in [0.15, 0.2) is 23.2 Å². The van der Waals surface area contributed by atoms with Gasteiger partial charge in [0.2, 0.25) is 0 Å². The van der Waals surface area contributed by atoms with Crippen molar-refractivity contribution >= 4 is 29.6 Å². The Bertz CT molecular complexity index is 2270. The number of ether oxygens (including phenoxy) is 5. The summed E-state index contributed by atoms with van der Waals surface area (Å²) < 4.78 is 42.2. The van der Waals surface area contributed by atoms with Crippen LogP contribution in [-0.4, -0.2) is 82.0 Å². The van der Waals surface area contributed by atoms with Gasteiger partial charge >= 0.3 is 29.8 Å². The van der Waals surface area contributed by atoms with Crippen LogP contribution in [0.2, 0.25) is 0 Å². The Morgan fingerprint density at radius 2 is 1.61 bits per heavy atom. The highest BCUT2D eigenvalue weighted by atomic mass is 16.6. The maximum Gasteiger partial charge on any atom is 0.519 e. The monoisotopic (exact) mass is 815 g/mol. The summed E-state index contributed by atoms with van der Waals surface area (Å²) >= 11 is 0. The summed E-state index contributed by atoms with van der Waals surface area (Å²) in [6, 6.07) is 15.2. The first kappa shape index (κ1) is 40.5. The second-order valence-electron chi connectivity index (χ2n) is 18.0. The largest absolute Gasteiger partial charge is 0.519 e. The van der Waals surface area contributed by atoms with Gasteiger partial charge in [-0.3, -0.25) is 4.79 Å². The number of fused-ring (bicyclic) bond motifs is 6. The van der Waals surface area contributed by atoms with Crippen molar-refractivity contribution in [2.75, 3.05) is 6.61 Å². The van der Waals surface area contributed by atoms with Crippen LogP contribution in [0.25, 0.3) is 5.57 Å². The molecule has 1 amide bonds. The molecule has 15 heteroatoms. The molecule has 0 radical (unpaired) electrons. The average molecular weight is 816 g/mol. The molecule has 5 aliphatic rings. The third-order valence-corrected chi connectivity index (χ3v) is 13.1. The number of hydrogen-bond donors (Lipinski definition) is 3. The van der Waals surface area contributed by atoms with Crippen molar-refractivity contribution < 1.29 is 61.9 Å². The van der Waals surface area contributed by atoms with Crippen LogP contribution in [0.15, 0.2) is 79.9 Å². The van der Waals surface area contributed by atoms with Gasteiger partial charge in [0, 0.05) is 29.7 Å². The Morgan fingerprint density at radius 3 is 2.22 bits per heavy atom. The summed E-state index contributed by atoms with van der Waals surface area (Å²) in [6.07, 6.45) is -5.90. The molecule has 1 aromatic heterocycles. The molecule has 10 atom stereocenters. The van der Waals surface area contributed by atoms with Crippen LogP contribution in [0, 0.1) is 17.3 Å². The van der Waals surface area contributed by atoms with Crippen LogP contribution in [0.3, 0.4) is 0 Å². The highest BCUT2D eigenvalue weighted by Gasteiger charge is 2.83. The van der Waals surface area contributed by atoms with Gasteiger partial charge in [0.1, 0.15) is 29.5 Å². The third kappa shape index (κ3) is 6.40. The van der Waals surface area contributed by atoms with Gasteiger partial charge in [-0.1, -0.05) is 62.4 Å². The van der Waals surface area contributed by atoms with E-state index in [1.54, 1.807) is 102 Å². The predicted molar refractivity (Wildman–Crippen MR) is 205 cm³/mol. The number of carbonyl (C=O) groups is 4. The van der Waals surface area contributed by atoms with Crippen LogP contribution in [0.5, 0.6) is 0 Å². The second-order valence-corrected chi connectivity index (χ2v) is 18.0. The summed E-state index contributed by atoms with van der Waals surface area (Å²) in [5.41, 5.74) is -5.83. The molecule has 3 N–H and O–H groups in total. The molecule has 59 heavy (non-hydrogen) atoms. The number of amides is 1. The van der Waals surface area contributed by atoms with Gasteiger partial charge in [-0.25, -0.2) is 19.2 Å². The molecule has 314 valence electrons. The number of rotatable bonds is 8. The lowest BCUT2D eigenvalue weighted by atomic mass is 9.50. The molecular formula is C44H49NO14. The maximum absolute atomic E-state index is 14.3. The van der Waals surface area contributed by atoms with Gasteiger partial charge in [0.25, 0.3) is 0 Å². The summed E-state index contributed by atoms with van der Waals surface area (Å²) in [5.74, 6) is -4.66. The first-order valence-electron chi connectivity index (χ1n) is 19.8. The fourth-order valence-corrected chi connectivity index (χ4v) is 10.4. The molecule has 2 aromatic carbocycles. The summed E-state index contributed by atoms with van der Waals surface area (Å²) in [4.78, 5) is 67.7. The first-order chi connectivity index (χ1) is 27.7. The van der Waals surface area contributed by atoms with Gasteiger partial charge < -0.3 is 48.0 Å². The number of hydrogen-bond acceptors (Lipinski definition) is 14. The number of carbonyl (C=O) groups excluding carboxylic acids is 4. The number of alkyl carbamates (subject to hydrolysis) is 1. The van der Waals surface area contributed by atoms with E-state index in [4.69, 9.17) is 32.5 Å². The minimum Gasteiger partial charge on any atom is -0.456 e.